The van der Waals surface area contributed by atoms with Gasteiger partial charge in [-0.1, -0.05) is 31.5 Å². The third-order valence-corrected chi connectivity index (χ3v) is 3.14. The van der Waals surface area contributed by atoms with Crippen LogP contribution in [0.1, 0.15) is 20.8 Å². The van der Waals surface area contributed by atoms with E-state index in [-0.39, 0.29) is 18.2 Å². The summed E-state index contributed by atoms with van der Waals surface area (Å²) in [6.07, 6.45) is 0. The molecule has 0 saturated heterocycles. The van der Waals surface area contributed by atoms with Crippen molar-refractivity contribution in [1.29, 1.82) is 0 Å². The molecule has 0 amide bonds. The van der Waals surface area contributed by atoms with Gasteiger partial charge in [-0.3, -0.25) is 0 Å². The fourth-order valence-corrected chi connectivity index (χ4v) is 1.37. The molecule has 1 aromatic rings. The van der Waals surface area contributed by atoms with Crippen LogP contribution in [0.2, 0.25) is 5.02 Å². The van der Waals surface area contributed by atoms with Crippen molar-refractivity contribution in [3.8, 4) is 0 Å². The standard InChI is InChI=1S/C12H17ClFNO/c1-8(2)12(3,16)7-15-11-9(13)5-4-6-10(11)14/h4-6,8,15-16H,7H2,1-3H3. The average molecular weight is 246 g/mol. The maximum atomic E-state index is 13.4. The van der Waals surface area contributed by atoms with E-state index in [1.807, 2.05) is 13.8 Å². The van der Waals surface area contributed by atoms with Crippen molar-refractivity contribution in [2.24, 2.45) is 5.92 Å². The summed E-state index contributed by atoms with van der Waals surface area (Å²) in [5.41, 5.74) is -0.656. The predicted molar refractivity (Wildman–Crippen MR) is 65.4 cm³/mol. The summed E-state index contributed by atoms with van der Waals surface area (Å²) in [5.74, 6) is -0.336. The molecule has 0 aliphatic carbocycles. The van der Waals surface area contributed by atoms with Crippen LogP contribution in [0.3, 0.4) is 0 Å². The van der Waals surface area contributed by atoms with Crippen molar-refractivity contribution in [2.75, 3.05) is 11.9 Å². The van der Waals surface area contributed by atoms with Crippen molar-refractivity contribution in [1.82, 2.24) is 0 Å². The minimum absolute atomic E-state index is 0.0746. The highest BCUT2D eigenvalue weighted by Crippen LogP contribution is 2.26. The lowest BCUT2D eigenvalue weighted by Crippen LogP contribution is -2.38. The maximum absolute atomic E-state index is 13.4. The summed E-state index contributed by atoms with van der Waals surface area (Å²) in [4.78, 5) is 0. The Morgan fingerprint density at radius 2 is 2.12 bits per heavy atom. The molecule has 1 unspecified atom stereocenters. The van der Waals surface area contributed by atoms with E-state index >= 15 is 0 Å². The Morgan fingerprint density at radius 1 is 1.50 bits per heavy atom. The predicted octanol–water partition coefficient (Wildman–Crippen LogP) is 3.30. The van der Waals surface area contributed by atoms with Crippen LogP contribution in [0, 0.1) is 11.7 Å². The summed E-state index contributed by atoms with van der Waals surface area (Å²) < 4.78 is 13.4. The molecule has 2 nitrogen and oxygen atoms in total. The first kappa shape index (κ1) is 13.3. The Hall–Kier alpha value is -0.800. The normalized spacial score (nSPS) is 14.9. The quantitative estimate of drug-likeness (QED) is 0.853. The minimum Gasteiger partial charge on any atom is -0.388 e. The monoisotopic (exact) mass is 245 g/mol. The molecule has 1 aromatic carbocycles. The van der Waals surface area contributed by atoms with Crippen molar-refractivity contribution in [2.45, 2.75) is 26.4 Å². The van der Waals surface area contributed by atoms with E-state index < -0.39 is 11.4 Å². The average Bonchev–Trinajstić information content (AvgIpc) is 2.16. The van der Waals surface area contributed by atoms with Crippen LogP contribution >= 0.6 is 11.6 Å². The number of rotatable bonds is 4. The molecular weight excluding hydrogens is 229 g/mol. The summed E-state index contributed by atoms with van der Waals surface area (Å²) in [5, 5.41) is 13.2. The van der Waals surface area contributed by atoms with Crippen molar-refractivity contribution in [3.05, 3.63) is 29.0 Å². The molecule has 0 aromatic heterocycles. The first-order chi connectivity index (χ1) is 7.34. The summed E-state index contributed by atoms with van der Waals surface area (Å²) in [6, 6.07) is 4.48. The third kappa shape index (κ3) is 3.09. The molecular formula is C12H17ClFNO. The lowest BCUT2D eigenvalue weighted by Gasteiger charge is -2.28. The van der Waals surface area contributed by atoms with Gasteiger partial charge in [0.1, 0.15) is 5.82 Å². The van der Waals surface area contributed by atoms with Crippen LogP contribution < -0.4 is 5.32 Å². The number of hydrogen-bond donors (Lipinski definition) is 2. The highest BCUT2D eigenvalue weighted by molar-refractivity contribution is 6.33. The van der Waals surface area contributed by atoms with E-state index in [1.165, 1.54) is 6.07 Å². The lowest BCUT2D eigenvalue weighted by molar-refractivity contribution is 0.0266. The Labute approximate surface area is 100 Å². The molecule has 0 heterocycles. The zero-order chi connectivity index (χ0) is 12.3. The van der Waals surface area contributed by atoms with Gasteiger partial charge in [0, 0.05) is 6.54 Å². The first-order valence-electron chi connectivity index (χ1n) is 5.25. The Balaban J connectivity index is 2.75. The van der Waals surface area contributed by atoms with Crippen LogP contribution in [0.5, 0.6) is 0 Å². The molecule has 4 heteroatoms. The van der Waals surface area contributed by atoms with E-state index in [4.69, 9.17) is 11.6 Å². The van der Waals surface area contributed by atoms with E-state index in [9.17, 15) is 9.50 Å². The molecule has 1 atom stereocenters. The van der Waals surface area contributed by atoms with Gasteiger partial charge in [-0.15, -0.1) is 0 Å². The van der Waals surface area contributed by atoms with Crippen LogP contribution in [0.25, 0.3) is 0 Å². The maximum Gasteiger partial charge on any atom is 0.147 e. The molecule has 2 N–H and O–H groups in total. The van der Waals surface area contributed by atoms with Gasteiger partial charge < -0.3 is 10.4 Å². The van der Waals surface area contributed by atoms with E-state index in [0.29, 0.717) is 5.02 Å². The van der Waals surface area contributed by atoms with Gasteiger partial charge in [0.2, 0.25) is 0 Å². The summed E-state index contributed by atoms with van der Waals surface area (Å²) in [7, 11) is 0. The third-order valence-electron chi connectivity index (χ3n) is 2.83. The smallest absolute Gasteiger partial charge is 0.147 e. The topological polar surface area (TPSA) is 32.3 Å². The van der Waals surface area contributed by atoms with Crippen LogP contribution in [-0.4, -0.2) is 17.3 Å². The second-order valence-corrected chi connectivity index (χ2v) is 4.87. The highest BCUT2D eigenvalue weighted by Gasteiger charge is 2.25. The molecule has 90 valence electrons. The Bertz CT molecular complexity index is 346. The molecule has 1 rings (SSSR count). The van der Waals surface area contributed by atoms with Gasteiger partial charge in [0.15, 0.2) is 0 Å². The number of hydrogen-bond acceptors (Lipinski definition) is 2. The molecule has 0 spiro atoms. The van der Waals surface area contributed by atoms with E-state index in [1.54, 1.807) is 19.1 Å². The second-order valence-electron chi connectivity index (χ2n) is 4.46. The molecule has 0 saturated carbocycles. The summed E-state index contributed by atoms with van der Waals surface area (Å²) in [6.45, 7) is 5.78. The van der Waals surface area contributed by atoms with Gasteiger partial charge in [0.05, 0.1) is 16.3 Å². The lowest BCUT2D eigenvalue weighted by atomic mass is 9.92. The number of aliphatic hydroxyl groups is 1. The zero-order valence-electron chi connectivity index (χ0n) is 9.72. The molecule has 0 bridgehead atoms. The second kappa shape index (κ2) is 5.02. The number of nitrogens with one attached hydrogen (secondary N) is 1. The van der Waals surface area contributed by atoms with Crippen LogP contribution in [-0.2, 0) is 0 Å². The molecule has 0 radical (unpaired) electrons. The molecule has 0 fully saturated rings. The number of anilines is 1. The van der Waals surface area contributed by atoms with Gasteiger partial charge in [-0.2, -0.15) is 0 Å². The van der Waals surface area contributed by atoms with Gasteiger partial charge in [0.25, 0.3) is 0 Å². The van der Waals surface area contributed by atoms with Crippen molar-refractivity contribution >= 4 is 17.3 Å². The van der Waals surface area contributed by atoms with Gasteiger partial charge >= 0.3 is 0 Å². The van der Waals surface area contributed by atoms with Gasteiger partial charge in [-0.05, 0) is 25.0 Å². The largest absolute Gasteiger partial charge is 0.388 e. The number of benzene rings is 1. The fraction of sp³-hybridized carbons (Fsp3) is 0.500. The molecule has 0 aliphatic rings. The zero-order valence-corrected chi connectivity index (χ0v) is 10.5. The minimum atomic E-state index is -0.897. The van der Waals surface area contributed by atoms with Crippen molar-refractivity contribution in [3.63, 3.8) is 0 Å². The number of halogens is 2. The summed E-state index contributed by atoms with van der Waals surface area (Å²) >= 11 is 5.85. The van der Waals surface area contributed by atoms with Gasteiger partial charge in [-0.25, -0.2) is 4.39 Å². The SMILES string of the molecule is CC(C)C(C)(O)CNc1c(F)cccc1Cl. The van der Waals surface area contributed by atoms with Crippen LogP contribution in [0.15, 0.2) is 18.2 Å². The van der Waals surface area contributed by atoms with E-state index in [0.717, 1.165) is 0 Å². The fourth-order valence-electron chi connectivity index (χ4n) is 1.14. The Kier molecular flexibility index (Phi) is 4.16. The highest BCUT2D eigenvalue weighted by atomic mass is 35.5. The molecule has 16 heavy (non-hydrogen) atoms. The number of para-hydroxylation sites is 1. The molecule has 0 aliphatic heterocycles. The Morgan fingerprint density at radius 3 is 2.62 bits per heavy atom. The first-order valence-corrected chi connectivity index (χ1v) is 5.62. The van der Waals surface area contributed by atoms with E-state index in [2.05, 4.69) is 5.32 Å². The van der Waals surface area contributed by atoms with Crippen LogP contribution in [0.4, 0.5) is 10.1 Å². The van der Waals surface area contributed by atoms with Crippen molar-refractivity contribution < 1.29 is 9.50 Å².